The first-order valence-electron chi connectivity index (χ1n) is 11.1. The number of hydrogen-bond acceptors (Lipinski definition) is 9. The number of aromatic carboxylic acids is 1. The van der Waals surface area contributed by atoms with Crippen molar-refractivity contribution in [1.29, 1.82) is 0 Å². The van der Waals surface area contributed by atoms with Gasteiger partial charge in [-0.2, -0.15) is 0 Å². The van der Waals surface area contributed by atoms with Crippen molar-refractivity contribution >= 4 is 47.0 Å². The summed E-state index contributed by atoms with van der Waals surface area (Å²) >= 11 is 1.38. The van der Waals surface area contributed by atoms with Gasteiger partial charge in [0.25, 0.3) is 0 Å². The highest BCUT2D eigenvalue weighted by atomic mass is 32.2. The molecule has 1 saturated heterocycles. The summed E-state index contributed by atoms with van der Waals surface area (Å²) in [4.78, 5) is 52.3. The van der Waals surface area contributed by atoms with Crippen molar-refractivity contribution in [2.24, 2.45) is 16.8 Å². The van der Waals surface area contributed by atoms with E-state index >= 15 is 0 Å². The first-order valence-corrected chi connectivity index (χ1v) is 12.1. The molecule has 7 atom stereocenters. The lowest BCUT2D eigenvalue weighted by Crippen LogP contribution is -2.40. The second kappa shape index (κ2) is 11.2. The molecule has 0 spiro atoms. The number of aliphatic imine (C=N–C) groups is 1. The molecule has 0 bridgehead atoms. The lowest BCUT2D eigenvalue weighted by atomic mass is 9.86. The number of carbonyl (C=O) groups is 4. The number of benzene rings is 1. The SMILES string of the molecule is COC(=O)C([C@@H](C)O)[C@@H]1N=C(C(=O)O)[C@H](S[C@H]2CN[C@@H](C(=O)Nc3cccc(C(=O)O)c3)C2)[C@@H]1C. The van der Waals surface area contributed by atoms with E-state index in [0.29, 0.717) is 18.7 Å². The molecule has 11 nitrogen and oxygen atoms in total. The third-order valence-corrected chi connectivity index (χ3v) is 7.97. The Morgan fingerprint density at radius 1 is 1.23 bits per heavy atom. The number of hydrogen-bond donors (Lipinski definition) is 5. The zero-order chi connectivity index (χ0) is 25.9. The molecular weight excluding hydrogens is 478 g/mol. The van der Waals surface area contributed by atoms with E-state index in [1.807, 2.05) is 0 Å². The molecule has 2 aliphatic heterocycles. The molecule has 1 aromatic rings. The fraction of sp³-hybridized carbons (Fsp3) is 0.522. The average molecular weight is 508 g/mol. The normalized spacial score (nSPS) is 27.5. The number of nitrogens with zero attached hydrogens (tertiary/aromatic N) is 1. The zero-order valence-corrected chi connectivity index (χ0v) is 20.3. The van der Waals surface area contributed by atoms with Gasteiger partial charge in [0.1, 0.15) is 11.6 Å². The van der Waals surface area contributed by atoms with Gasteiger partial charge in [0.15, 0.2) is 0 Å². The molecule has 2 heterocycles. The monoisotopic (exact) mass is 507 g/mol. The highest BCUT2D eigenvalue weighted by Gasteiger charge is 2.48. The van der Waals surface area contributed by atoms with Crippen molar-refractivity contribution in [3.05, 3.63) is 29.8 Å². The van der Waals surface area contributed by atoms with E-state index in [2.05, 4.69) is 15.6 Å². The number of carboxylic acids is 2. The maximum absolute atomic E-state index is 12.7. The van der Waals surface area contributed by atoms with Crippen molar-refractivity contribution in [2.75, 3.05) is 19.0 Å². The van der Waals surface area contributed by atoms with Gasteiger partial charge in [-0.3, -0.25) is 14.6 Å². The Bertz CT molecular complexity index is 1030. The fourth-order valence-electron chi connectivity index (χ4n) is 4.48. The van der Waals surface area contributed by atoms with Gasteiger partial charge in [0.2, 0.25) is 5.91 Å². The van der Waals surface area contributed by atoms with Gasteiger partial charge < -0.3 is 30.7 Å². The van der Waals surface area contributed by atoms with Crippen LogP contribution in [-0.4, -0.2) is 87.2 Å². The Kier molecular flexibility index (Phi) is 8.51. The Balaban J connectivity index is 1.67. The molecule has 2 aliphatic rings. The van der Waals surface area contributed by atoms with Gasteiger partial charge in [-0.1, -0.05) is 13.0 Å². The van der Waals surface area contributed by atoms with E-state index in [1.165, 1.54) is 37.9 Å². The largest absolute Gasteiger partial charge is 0.478 e. The second-order valence-corrected chi connectivity index (χ2v) is 10.2. The van der Waals surface area contributed by atoms with E-state index in [4.69, 9.17) is 9.84 Å². The van der Waals surface area contributed by atoms with Crippen LogP contribution in [0.25, 0.3) is 0 Å². The highest BCUT2D eigenvalue weighted by molar-refractivity contribution is 8.01. The molecule has 190 valence electrons. The number of aliphatic hydroxyl groups excluding tert-OH is 1. The number of thioether (sulfide) groups is 1. The van der Waals surface area contributed by atoms with Gasteiger partial charge in [-0.25, -0.2) is 9.59 Å². The molecule has 0 aliphatic carbocycles. The van der Waals surface area contributed by atoms with Crippen LogP contribution in [0, 0.1) is 11.8 Å². The predicted octanol–water partition coefficient (Wildman–Crippen LogP) is 0.870. The Morgan fingerprint density at radius 3 is 2.54 bits per heavy atom. The maximum atomic E-state index is 12.7. The van der Waals surface area contributed by atoms with Crippen molar-refractivity contribution in [3.63, 3.8) is 0 Å². The molecule has 5 N–H and O–H groups in total. The first kappa shape index (κ1) is 26.6. The third-order valence-electron chi connectivity index (χ3n) is 6.28. The Morgan fingerprint density at radius 2 is 1.94 bits per heavy atom. The summed E-state index contributed by atoms with van der Waals surface area (Å²) in [5.74, 6) is -4.61. The summed E-state index contributed by atoms with van der Waals surface area (Å²) in [5.41, 5.74) is 0.358. The number of ether oxygens (including phenoxy) is 1. The number of carboxylic acid groups (broad SMARTS) is 2. The van der Waals surface area contributed by atoms with Gasteiger partial charge in [0.05, 0.1) is 36.1 Å². The van der Waals surface area contributed by atoms with Crippen LogP contribution in [0.15, 0.2) is 29.3 Å². The number of carbonyl (C=O) groups excluding carboxylic acids is 2. The van der Waals surface area contributed by atoms with E-state index in [9.17, 15) is 29.4 Å². The molecule has 1 amide bonds. The van der Waals surface area contributed by atoms with Crippen LogP contribution in [-0.2, 0) is 19.1 Å². The number of anilines is 1. The van der Waals surface area contributed by atoms with Crippen LogP contribution in [0.3, 0.4) is 0 Å². The Hall–Kier alpha value is -2.96. The smallest absolute Gasteiger partial charge is 0.350 e. The molecule has 1 fully saturated rings. The number of aliphatic hydroxyl groups is 1. The number of amides is 1. The molecule has 0 saturated carbocycles. The minimum absolute atomic E-state index is 0.0586. The van der Waals surface area contributed by atoms with Gasteiger partial charge in [-0.05, 0) is 37.5 Å². The van der Waals surface area contributed by atoms with Crippen molar-refractivity contribution in [1.82, 2.24) is 5.32 Å². The average Bonchev–Trinajstić information content (AvgIpc) is 3.40. The topological polar surface area (TPSA) is 175 Å². The summed E-state index contributed by atoms with van der Waals surface area (Å²) in [6.45, 7) is 3.69. The second-order valence-electron chi connectivity index (χ2n) is 8.71. The van der Waals surface area contributed by atoms with Gasteiger partial charge in [-0.15, -0.1) is 11.8 Å². The molecule has 12 heteroatoms. The van der Waals surface area contributed by atoms with E-state index in [0.717, 1.165) is 0 Å². The number of esters is 1. The molecule has 0 aromatic heterocycles. The third kappa shape index (κ3) is 6.00. The van der Waals surface area contributed by atoms with E-state index in [-0.39, 0.29) is 28.4 Å². The Labute approximate surface area is 206 Å². The van der Waals surface area contributed by atoms with Crippen molar-refractivity contribution < 1.29 is 39.2 Å². The molecule has 0 radical (unpaired) electrons. The predicted molar refractivity (Wildman–Crippen MR) is 129 cm³/mol. The summed E-state index contributed by atoms with van der Waals surface area (Å²) in [6.07, 6.45) is -0.648. The van der Waals surface area contributed by atoms with Crippen LogP contribution in [0.2, 0.25) is 0 Å². The minimum Gasteiger partial charge on any atom is -0.478 e. The van der Waals surface area contributed by atoms with Crippen molar-refractivity contribution in [3.8, 4) is 0 Å². The lowest BCUT2D eigenvalue weighted by molar-refractivity contribution is -0.150. The number of methoxy groups -OCH3 is 1. The first-order chi connectivity index (χ1) is 16.5. The van der Waals surface area contributed by atoms with Gasteiger partial charge in [0, 0.05) is 17.5 Å². The molecule has 1 unspecified atom stereocenters. The standard InChI is InChI=1S/C23H29N3O8S/c1-10-17(16(11(2)27)23(33)34-3)26-18(22(31)32)19(10)35-14-8-15(24-9-14)20(28)25-13-6-4-5-12(7-13)21(29)30/h4-7,10-11,14-17,19,24,27H,8-9H2,1-3H3,(H,25,28)(H,29,30)(H,31,32)/t10-,11-,14-,15-,16?,17-,19-/m1/s1. The summed E-state index contributed by atoms with van der Waals surface area (Å²) in [7, 11) is 1.21. The van der Waals surface area contributed by atoms with Crippen LogP contribution < -0.4 is 10.6 Å². The number of rotatable bonds is 9. The van der Waals surface area contributed by atoms with Gasteiger partial charge >= 0.3 is 17.9 Å². The lowest BCUT2D eigenvalue weighted by Gasteiger charge is -2.28. The highest BCUT2D eigenvalue weighted by Crippen LogP contribution is 2.40. The molecular formula is C23H29N3O8S. The quantitative estimate of drug-likeness (QED) is 0.302. The number of aliphatic carboxylic acids is 1. The van der Waals surface area contributed by atoms with E-state index < -0.39 is 47.3 Å². The summed E-state index contributed by atoms with van der Waals surface area (Å²) in [5, 5.41) is 34.2. The van der Waals surface area contributed by atoms with Crippen LogP contribution in [0.4, 0.5) is 5.69 Å². The van der Waals surface area contributed by atoms with Crippen LogP contribution in [0.1, 0.15) is 30.6 Å². The molecule has 3 rings (SSSR count). The van der Waals surface area contributed by atoms with E-state index in [1.54, 1.807) is 19.1 Å². The zero-order valence-electron chi connectivity index (χ0n) is 19.5. The number of nitrogens with one attached hydrogen (secondary N) is 2. The summed E-state index contributed by atoms with van der Waals surface area (Å²) < 4.78 is 4.80. The van der Waals surface area contributed by atoms with Crippen LogP contribution >= 0.6 is 11.8 Å². The maximum Gasteiger partial charge on any atom is 0.350 e. The minimum atomic E-state index is -1.19. The molecule has 1 aromatic carbocycles. The van der Waals surface area contributed by atoms with Crippen LogP contribution in [0.5, 0.6) is 0 Å². The summed E-state index contributed by atoms with van der Waals surface area (Å²) in [6, 6.07) is 4.65. The molecule has 35 heavy (non-hydrogen) atoms. The fourth-order valence-corrected chi connectivity index (χ4v) is 6.09. The van der Waals surface area contributed by atoms with Crippen molar-refractivity contribution in [2.45, 2.75) is 49.0 Å².